The zero-order chi connectivity index (χ0) is 10.7. The molecule has 0 spiro atoms. The summed E-state index contributed by atoms with van der Waals surface area (Å²) in [4.78, 5) is 2.40. The quantitative estimate of drug-likeness (QED) is 0.710. The first-order valence-corrected chi connectivity index (χ1v) is 6.01. The molecule has 0 amide bonds. The number of nitrogens with zero attached hydrogens (tertiary/aromatic N) is 2. The Morgan fingerprint density at radius 1 is 1.25 bits per heavy atom. The van der Waals surface area contributed by atoms with Gasteiger partial charge in [0.15, 0.2) is 0 Å². The summed E-state index contributed by atoms with van der Waals surface area (Å²) in [6.45, 7) is 5.99. The minimum Gasteiger partial charge on any atom is -0.381 e. The predicted octanol–water partition coefficient (Wildman–Crippen LogP) is 2.21. The van der Waals surface area contributed by atoms with Crippen LogP contribution in [0.1, 0.15) is 32.6 Å². The minimum atomic E-state index is -0.210. The summed E-state index contributed by atoms with van der Waals surface area (Å²) in [7, 11) is 0. The Morgan fingerprint density at radius 2 is 1.81 bits per heavy atom. The summed E-state index contributed by atoms with van der Waals surface area (Å²) < 4.78 is 5.36. The molecule has 2 heterocycles. The molecule has 2 fully saturated rings. The fourth-order valence-electron chi connectivity index (χ4n) is 2.64. The Bertz CT molecular complexity index is 250. The molecule has 3 nitrogen and oxygen atoms in total. The fourth-order valence-corrected chi connectivity index (χ4v) is 2.64. The number of hydrogen-bond donors (Lipinski definition) is 0. The van der Waals surface area contributed by atoms with E-state index in [1.54, 1.807) is 0 Å². The lowest BCUT2D eigenvalue weighted by Gasteiger charge is -2.44. The van der Waals surface area contributed by atoms with Crippen LogP contribution in [0.15, 0.2) is 0 Å². The molecule has 4 heteroatoms. The van der Waals surface area contributed by atoms with E-state index in [2.05, 4.69) is 17.9 Å². The molecule has 0 N–H and O–H groups in total. The molecule has 0 unspecified atom stereocenters. The van der Waals surface area contributed by atoms with E-state index in [9.17, 15) is 5.26 Å². The second-order valence-corrected chi connectivity index (χ2v) is 4.93. The second-order valence-electron chi connectivity index (χ2n) is 4.93. The molecule has 0 aromatic carbocycles. The molecular weight excluding hydrogens is 224 g/mol. The van der Waals surface area contributed by atoms with E-state index in [-0.39, 0.29) is 17.9 Å². The third-order valence-electron chi connectivity index (χ3n) is 3.92. The van der Waals surface area contributed by atoms with Crippen LogP contribution in [0, 0.1) is 17.2 Å². The topological polar surface area (TPSA) is 36.3 Å². The highest BCUT2D eigenvalue weighted by atomic mass is 35.5. The molecular formula is C12H21ClN2O. The number of hydrogen-bond acceptors (Lipinski definition) is 3. The van der Waals surface area contributed by atoms with E-state index >= 15 is 0 Å². The van der Waals surface area contributed by atoms with Gasteiger partial charge in [-0.05, 0) is 31.8 Å². The SMILES string of the molecule is CC1CCN(C2(C#N)CCOCC2)CC1.Cl. The molecule has 0 bridgehead atoms. The van der Waals surface area contributed by atoms with E-state index in [0.717, 1.165) is 45.1 Å². The average molecular weight is 245 g/mol. The third kappa shape index (κ3) is 2.68. The zero-order valence-corrected chi connectivity index (χ0v) is 10.8. The summed E-state index contributed by atoms with van der Waals surface area (Å²) in [5, 5.41) is 9.41. The third-order valence-corrected chi connectivity index (χ3v) is 3.92. The lowest BCUT2D eigenvalue weighted by Crippen LogP contribution is -2.53. The fraction of sp³-hybridized carbons (Fsp3) is 0.917. The van der Waals surface area contributed by atoms with Crippen LogP contribution in [-0.2, 0) is 4.74 Å². The van der Waals surface area contributed by atoms with Crippen LogP contribution in [0.3, 0.4) is 0 Å². The van der Waals surface area contributed by atoms with Gasteiger partial charge >= 0.3 is 0 Å². The molecule has 0 aromatic rings. The number of rotatable bonds is 1. The van der Waals surface area contributed by atoms with Gasteiger partial charge in [0.2, 0.25) is 0 Å². The highest BCUT2D eigenvalue weighted by Gasteiger charge is 2.39. The Morgan fingerprint density at radius 3 is 2.31 bits per heavy atom. The summed E-state index contributed by atoms with van der Waals surface area (Å²) in [6.07, 6.45) is 4.25. The van der Waals surface area contributed by atoms with Crippen LogP contribution in [0.4, 0.5) is 0 Å². The van der Waals surface area contributed by atoms with E-state index in [1.807, 2.05) is 0 Å². The molecule has 0 aromatic heterocycles. The first-order valence-electron chi connectivity index (χ1n) is 6.01. The molecule has 0 saturated carbocycles. The highest BCUT2D eigenvalue weighted by Crippen LogP contribution is 2.31. The van der Waals surface area contributed by atoms with Crippen LogP contribution in [0.5, 0.6) is 0 Å². The maximum atomic E-state index is 9.41. The van der Waals surface area contributed by atoms with Gasteiger partial charge in [-0.1, -0.05) is 6.92 Å². The summed E-state index contributed by atoms with van der Waals surface area (Å²) in [6, 6.07) is 2.55. The number of likely N-dealkylation sites (tertiary alicyclic amines) is 1. The van der Waals surface area contributed by atoms with Crippen molar-refractivity contribution in [2.75, 3.05) is 26.3 Å². The van der Waals surface area contributed by atoms with Gasteiger partial charge in [-0.2, -0.15) is 5.26 Å². The maximum Gasteiger partial charge on any atom is 0.113 e. The molecule has 16 heavy (non-hydrogen) atoms. The largest absolute Gasteiger partial charge is 0.381 e. The van der Waals surface area contributed by atoms with Crippen LogP contribution in [-0.4, -0.2) is 36.7 Å². The van der Waals surface area contributed by atoms with Crippen LogP contribution in [0.2, 0.25) is 0 Å². The Labute approximate surface area is 104 Å². The number of nitriles is 1. The summed E-state index contributed by atoms with van der Waals surface area (Å²) in [5.41, 5.74) is -0.210. The molecule has 0 aliphatic carbocycles. The van der Waals surface area contributed by atoms with Gasteiger partial charge in [-0.3, -0.25) is 4.90 Å². The monoisotopic (exact) mass is 244 g/mol. The number of piperidine rings is 1. The van der Waals surface area contributed by atoms with Gasteiger partial charge in [0.1, 0.15) is 5.54 Å². The van der Waals surface area contributed by atoms with E-state index in [4.69, 9.17) is 4.74 Å². The lowest BCUT2D eigenvalue weighted by molar-refractivity contribution is -0.0118. The maximum absolute atomic E-state index is 9.41. The normalized spacial score (nSPS) is 26.8. The van der Waals surface area contributed by atoms with E-state index in [1.165, 1.54) is 12.8 Å². The van der Waals surface area contributed by atoms with Crippen molar-refractivity contribution in [3.05, 3.63) is 0 Å². The van der Waals surface area contributed by atoms with Crippen molar-refractivity contribution in [2.45, 2.75) is 38.1 Å². The van der Waals surface area contributed by atoms with Gasteiger partial charge in [-0.15, -0.1) is 12.4 Å². The lowest BCUT2D eigenvalue weighted by atomic mass is 9.86. The van der Waals surface area contributed by atoms with Crippen molar-refractivity contribution in [2.24, 2.45) is 5.92 Å². The second kappa shape index (κ2) is 5.86. The Balaban J connectivity index is 0.00000128. The van der Waals surface area contributed by atoms with Crippen molar-refractivity contribution in [1.29, 1.82) is 5.26 Å². The van der Waals surface area contributed by atoms with Crippen LogP contribution >= 0.6 is 12.4 Å². The number of halogens is 1. The first kappa shape index (κ1) is 13.8. The van der Waals surface area contributed by atoms with Gasteiger partial charge in [0.05, 0.1) is 6.07 Å². The van der Waals surface area contributed by atoms with Crippen molar-refractivity contribution >= 4 is 12.4 Å². The Kier molecular flexibility index (Phi) is 5.04. The van der Waals surface area contributed by atoms with Gasteiger partial charge < -0.3 is 4.74 Å². The molecule has 2 aliphatic heterocycles. The van der Waals surface area contributed by atoms with Crippen molar-refractivity contribution in [3.8, 4) is 6.07 Å². The molecule has 2 rings (SSSR count). The highest BCUT2D eigenvalue weighted by molar-refractivity contribution is 5.85. The van der Waals surface area contributed by atoms with Crippen molar-refractivity contribution in [3.63, 3.8) is 0 Å². The predicted molar refractivity (Wildman–Crippen MR) is 65.6 cm³/mol. The summed E-state index contributed by atoms with van der Waals surface area (Å²) in [5.74, 6) is 0.830. The summed E-state index contributed by atoms with van der Waals surface area (Å²) >= 11 is 0. The Hall–Kier alpha value is -0.300. The van der Waals surface area contributed by atoms with Gasteiger partial charge in [0, 0.05) is 26.1 Å². The minimum absolute atomic E-state index is 0. The van der Waals surface area contributed by atoms with E-state index < -0.39 is 0 Å². The standard InChI is InChI=1S/C12H20N2O.ClH/c1-11-2-6-14(7-3-11)12(10-13)4-8-15-9-5-12;/h11H,2-9H2,1H3;1H. The molecule has 2 saturated heterocycles. The van der Waals surface area contributed by atoms with Crippen LogP contribution < -0.4 is 0 Å². The average Bonchev–Trinajstić information content (AvgIpc) is 2.31. The molecule has 92 valence electrons. The zero-order valence-electron chi connectivity index (χ0n) is 9.95. The van der Waals surface area contributed by atoms with Gasteiger partial charge in [0.25, 0.3) is 0 Å². The van der Waals surface area contributed by atoms with Crippen molar-refractivity contribution < 1.29 is 4.74 Å². The molecule has 0 radical (unpaired) electrons. The molecule has 2 aliphatic rings. The van der Waals surface area contributed by atoms with E-state index in [0.29, 0.717) is 0 Å². The smallest absolute Gasteiger partial charge is 0.113 e. The van der Waals surface area contributed by atoms with Crippen molar-refractivity contribution in [1.82, 2.24) is 4.90 Å². The molecule has 0 atom stereocenters. The van der Waals surface area contributed by atoms with Gasteiger partial charge in [-0.25, -0.2) is 0 Å². The van der Waals surface area contributed by atoms with Crippen LogP contribution in [0.25, 0.3) is 0 Å². The number of ether oxygens (including phenoxy) is 1. The first-order chi connectivity index (χ1) is 7.27.